The number of amides is 1. The minimum Gasteiger partial charge on any atom is -0.274 e. The van der Waals surface area contributed by atoms with E-state index in [0.717, 1.165) is 6.26 Å². The SMILES string of the molecule is CC(=O)N(c1ccc(Sc2c(C)cnn(-c3ccc(F)cc3)c2=O)cc1)S(C)(=O)=O. The van der Waals surface area contributed by atoms with Crippen molar-refractivity contribution in [1.29, 1.82) is 0 Å². The molecule has 0 bridgehead atoms. The van der Waals surface area contributed by atoms with Crippen LogP contribution in [0.1, 0.15) is 12.5 Å². The first kappa shape index (κ1) is 21.7. The van der Waals surface area contributed by atoms with Crippen molar-refractivity contribution in [2.45, 2.75) is 23.6 Å². The Labute approximate surface area is 177 Å². The van der Waals surface area contributed by atoms with E-state index in [1.54, 1.807) is 25.3 Å². The molecule has 156 valence electrons. The first-order chi connectivity index (χ1) is 14.1. The second-order valence-corrected chi connectivity index (χ2v) is 9.41. The summed E-state index contributed by atoms with van der Waals surface area (Å²) >= 11 is 1.19. The number of benzene rings is 2. The number of halogens is 1. The molecule has 0 aliphatic rings. The van der Waals surface area contributed by atoms with E-state index >= 15 is 0 Å². The first-order valence-electron chi connectivity index (χ1n) is 8.71. The van der Waals surface area contributed by atoms with Gasteiger partial charge in [-0.15, -0.1) is 0 Å². The highest BCUT2D eigenvalue weighted by Crippen LogP contribution is 2.30. The zero-order chi connectivity index (χ0) is 22.1. The minimum atomic E-state index is -3.75. The fourth-order valence-electron chi connectivity index (χ4n) is 2.78. The molecule has 2 aromatic carbocycles. The Balaban J connectivity index is 1.95. The second-order valence-electron chi connectivity index (χ2n) is 6.49. The van der Waals surface area contributed by atoms with Crippen LogP contribution in [-0.2, 0) is 14.8 Å². The molecule has 0 unspecified atom stereocenters. The van der Waals surface area contributed by atoms with Gasteiger partial charge in [-0.1, -0.05) is 11.8 Å². The van der Waals surface area contributed by atoms with Crippen molar-refractivity contribution in [1.82, 2.24) is 9.78 Å². The molecule has 3 rings (SSSR count). The van der Waals surface area contributed by atoms with Crippen LogP contribution in [-0.4, -0.2) is 30.4 Å². The molecule has 0 aliphatic carbocycles. The van der Waals surface area contributed by atoms with Crippen molar-refractivity contribution in [2.24, 2.45) is 0 Å². The average Bonchev–Trinajstić information content (AvgIpc) is 2.66. The molecule has 1 aromatic heterocycles. The number of anilines is 1. The number of nitrogens with zero attached hydrogens (tertiary/aromatic N) is 3. The van der Waals surface area contributed by atoms with Gasteiger partial charge in [-0.05, 0) is 61.0 Å². The zero-order valence-corrected chi connectivity index (χ0v) is 18.0. The Morgan fingerprint density at radius 2 is 1.70 bits per heavy atom. The summed E-state index contributed by atoms with van der Waals surface area (Å²) in [4.78, 5) is 25.7. The summed E-state index contributed by atoms with van der Waals surface area (Å²) in [6.07, 6.45) is 2.50. The molecule has 10 heteroatoms. The van der Waals surface area contributed by atoms with E-state index in [9.17, 15) is 22.4 Å². The maximum atomic E-state index is 13.2. The van der Waals surface area contributed by atoms with E-state index in [4.69, 9.17) is 0 Å². The molecule has 0 atom stereocenters. The van der Waals surface area contributed by atoms with Crippen LogP contribution in [0.3, 0.4) is 0 Å². The molecule has 0 radical (unpaired) electrons. The number of aromatic nitrogens is 2. The fraction of sp³-hybridized carbons (Fsp3) is 0.150. The summed E-state index contributed by atoms with van der Waals surface area (Å²) in [5.74, 6) is -1.03. The molecule has 0 fully saturated rings. The van der Waals surface area contributed by atoms with Gasteiger partial charge in [0, 0.05) is 11.8 Å². The largest absolute Gasteiger partial charge is 0.285 e. The summed E-state index contributed by atoms with van der Waals surface area (Å²) in [6, 6.07) is 11.7. The van der Waals surface area contributed by atoms with Gasteiger partial charge in [-0.3, -0.25) is 9.59 Å². The number of hydrogen-bond acceptors (Lipinski definition) is 6. The topological polar surface area (TPSA) is 89.3 Å². The van der Waals surface area contributed by atoms with Crippen molar-refractivity contribution in [3.8, 4) is 5.69 Å². The van der Waals surface area contributed by atoms with E-state index in [-0.39, 0.29) is 11.2 Å². The van der Waals surface area contributed by atoms with Gasteiger partial charge < -0.3 is 0 Å². The van der Waals surface area contributed by atoms with Crippen molar-refractivity contribution < 1.29 is 17.6 Å². The average molecular weight is 448 g/mol. The highest BCUT2D eigenvalue weighted by molar-refractivity contribution is 7.99. The minimum absolute atomic E-state index is 0.213. The normalized spacial score (nSPS) is 11.3. The predicted molar refractivity (Wildman–Crippen MR) is 113 cm³/mol. The van der Waals surface area contributed by atoms with Gasteiger partial charge >= 0.3 is 0 Å². The van der Waals surface area contributed by atoms with Crippen LogP contribution in [0.15, 0.2) is 69.3 Å². The van der Waals surface area contributed by atoms with Crippen molar-refractivity contribution in [3.05, 3.63) is 76.5 Å². The number of aryl methyl sites for hydroxylation is 1. The molecule has 7 nitrogen and oxygen atoms in total. The van der Waals surface area contributed by atoms with Crippen LogP contribution >= 0.6 is 11.8 Å². The van der Waals surface area contributed by atoms with E-state index in [1.165, 1.54) is 59.8 Å². The van der Waals surface area contributed by atoms with E-state index < -0.39 is 21.7 Å². The van der Waals surface area contributed by atoms with Gasteiger partial charge in [0.15, 0.2) is 0 Å². The third kappa shape index (κ3) is 4.60. The van der Waals surface area contributed by atoms with Gasteiger partial charge in [0.1, 0.15) is 5.82 Å². The van der Waals surface area contributed by atoms with Crippen molar-refractivity contribution >= 4 is 33.4 Å². The standard InChI is InChI=1S/C20H18FN3O4S2/c1-13-12-22-23(16-6-4-15(21)5-7-16)20(26)19(13)29-18-10-8-17(9-11-18)24(14(2)25)30(3,27)28/h4-12H,1-3H3. The number of hydrogen-bond donors (Lipinski definition) is 0. The highest BCUT2D eigenvalue weighted by Gasteiger charge is 2.22. The van der Waals surface area contributed by atoms with Gasteiger partial charge in [-0.2, -0.15) is 9.78 Å². The van der Waals surface area contributed by atoms with Gasteiger partial charge in [0.2, 0.25) is 15.9 Å². The second kappa shape index (κ2) is 8.41. The molecule has 0 aliphatic heterocycles. The Morgan fingerprint density at radius 1 is 1.10 bits per heavy atom. The Kier molecular flexibility index (Phi) is 6.09. The lowest BCUT2D eigenvalue weighted by Gasteiger charge is -2.18. The van der Waals surface area contributed by atoms with E-state index in [1.807, 2.05) is 0 Å². The first-order valence-corrected chi connectivity index (χ1v) is 11.4. The smallest absolute Gasteiger partial charge is 0.274 e. The van der Waals surface area contributed by atoms with Crippen LogP contribution in [0.4, 0.5) is 10.1 Å². The molecule has 0 saturated heterocycles. The summed E-state index contributed by atoms with van der Waals surface area (Å²) in [6.45, 7) is 2.92. The molecule has 1 heterocycles. The summed E-state index contributed by atoms with van der Waals surface area (Å²) in [7, 11) is -3.75. The molecular formula is C20H18FN3O4S2. The number of rotatable bonds is 5. The van der Waals surface area contributed by atoms with Gasteiger partial charge in [0.25, 0.3) is 5.56 Å². The van der Waals surface area contributed by atoms with Crippen molar-refractivity contribution in [2.75, 3.05) is 10.6 Å². The van der Waals surface area contributed by atoms with Gasteiger partial charge in [0.05, 0.1) is 28.7 Å². The quantitative estimate of drug-likeness (QED) is 0.597. The lowest BCUT2D eigenvalue weighted by molar-refractivity contribution is -0.115. The lowest BCUT2D eigenvalue weighted by atomic mass is 10.3. The van der Waals surface area contributed by atoms with Crippen LogP contribution < -0.4 is 9.86 Å². The number of carbonyl (C=O) groups is 1. The lowest BCUT2D eigenvalue weighted by Crippen LogP contribution is -2.34. The third-order valence-electron chi connectivity index (χ3n) is 4.09. The summed E-state index contributed by atoms with van der Waals surface area (Å²) in [5.41, 5.74) is 0.944. The molecule has 0 N–H and O–H groups in total. The van der Waals surface area contributed by atoms with Crippen LogP contribution in [0.2, 0.25) is 0 Å². The van der Waals surface area contributed by atoms with E-state index in [0.29, 0.717) is 25.3 Å². The van der Waals surface area contributed by atoms with Crippen LogP contribution in [0.5, 0.6) is 0 Å². The monoisotopic (exact) mass is 447 g/mol. The Morgan fingerprint density at radius 3 is 2.23 bits per heavy atom. The highest BCUT2D eigenvalue weighted by atomic mass is 32.2. The molecule has 0 spiro atoms. The van der Waals surface area contributed by atoms with Crippen molar-refractivity contribution in [3.63, 3.8) is 0 Å². The predicted octanol–water partition coefficient (Wildman–Crippen LogP) is 3.14. The van der Waals surface area contributed by atoms with Gasteiger partial charge in [-0.25, -0.2) is 17.1 Å². The number of carbonyl (C=O) groups excluding carboxylic acids is 1. The Hall–Kier alpha value is -2.98. The summed E-state index contributed by atoms with van der Waals surface area (Å²) < 4.78 is 38.8. The molecule has 30 heavy (non-hydrogen) atoms. The number of sulfonamides is 1. The molecular weight excluding hydrogens is 429 g/mol. The Bertz CT molecular complexity index is 1250. The zero-order valence-electron chi connectivity index (χ0n) is 16.4. The maximum absolute atomic E-state index is 13.2. The summed E-state index contributed by atoms with van der Waals surface area (Å²) in [5, 5.41) is 4.12. The third-order valence-corrected chi connectivity index (χ3v) is 6.43. The molecule has 0 saturated carbocycles. The maximum Gasteiger partial charge on any atom is 0.285 e. The van der Waals surface area contributed by atoms with E-state index in [2.05, 4.69) is 5.10 Å². The molecule has 1 amide bonds. The fourth-order valence-corrected chi connectivity index (χ4v) is 4.65. The van der Waals surface area contributed by atoms with Crippen LogP contribution in [0.25, 0.3) is 5.69 Å². The van der Waals surface area contributed by atoms with Crippen LogP contribution in [0, 0.1) is 12.7 Å². The molecule has 3 aromatic rings.